The highest BCUT2D eigenvalue weighted by atomic mass is 19.2. The second-order valence-electron chi connectivity index (χ2n) is 4.33. The van der Waals surface area contributed by atoms with Gasteiger partial charge < -0.3 is 0 Å². The Labute approximate surface area is 92.3 Å². The van der Waals surface area contributed by atoms with Crippen LogP contribution < -0.4 is 0 Å². The first-order chi connectivity index (χ1) is 7.29. The first kappa shape index (κ1) is 13.0. The van der Waals surface area contributed by atoms with E-state index in [1.165, 1.54) is 6.92 Å². The van der Waals surface area contributed by atoms with Gasteiger partial charge in [-0.3, -0.25) is 0 Å². The van der Waals surface area contributed by atoms with Gasteiger partial charge in [0.15, 0.2) is 23.3 Å². The van der Waals surface area contributed by atoms with Gasteiger partial charge in [-0.25, -0.2) is 17.6 Å². The van der Waals surface area contributed by atoms with E-state index in [4.69, 9.17) is 0 Å². The molecule has 0 aliphatic rings. The molecule has 0 amide bonds. The van der Waals surface area contributed by atoms with Crippen molar-refractivity contribution < 1.29 is 17.6 Å². The van der Waals surface area contributed by atoms with Gasteiger partial charge in [-0.05, 0) is 29.9 Å². The van der Waals surface area contributed by atoms with Crippen LogP contribution in [-0.2, 0) is 0 Å². The smallest absolute Gasteiger partial charge is 0.197 e. The Bertz CT molecular complexity index is 381. The summed E-state index contributed by atoms with van der Waals surface area (Å²) in [6.45, 7) is 6.54. The normalized spacial score (nSPS) is 13.3. The van der Waals surface area contributed by atoms with Crippen LogP contribution in [0.2, 0.25) is 0 Å². The summed E-state index contributed by atoms with van der Waals surface area (Å²) in [4.78, 5) is 0. The second-order valence-corrected chi connectivity index (χ2v) is 4.33. The first-order valence-electron chi connectivity index (χ1n) is 5.11. The fourth-order valence-electron chi connectivity index (χ4n) is 1.63. The van der Waals surface area contributed by atoms with Crippen molar-refractivity contribution in [1.82, 2.24) is 0 Å². The fourth-order valence-corrected chi connectivity index (χ4v) is 1.63. The van der Waals surface area contributed by atoms with Crippen molar-refractivity contribution in [3.8, 4) is 0 Å². The molecule has 1 atom stereocenters. The summed E-state index contributed by atoms with van der Waals surface area (Å²) in [6.07, 6.45) is 0. The maximum absolute atomic E-state index is 13.5. The van der Waals surface area contributed by atoms with E-state index in [-0.39, 0.29) is 23.0 Å². The molecule has 4 heteroatoms. The third-order valence-corrected chi connectivity index (χ3v) is 3.00. The Morgan fingerprint density at radius 1 is 0.750 bits per heavy atom. The van der Waals surface area contributed by atoms with E-state index in [1.54, 1.807) is 6.92 Å². The molecule has 0 aromatic heterocycles. The Balaban J connectivity index is 3.51. The zero-order valence-corrected chi connectivity index (χ0v) is 9.67. The predicted molar refractivity (Wildman–Crippen MR) is 54.3 cm³/mol. The highest BCUT2D eigenvalue weighted by molar-refractivity contribution is 5.33. The minimum Gasteiger partial charge on any atom is -0.203 e. The van der Waals surface area contributed by atoms with Crippen LogP contribution in [0.5, 0.6) is 0 Å². The van der Waals surface area contributed by atoms with Gasteiger partial charge in [0.2, 0.25) is 0 Å². The second kappa shape index (κ2) is 4.44. The zero-order chi connectivity index (χ0) is 12.6. The topological polar surface area (TPSA) is 0 Å². The maximum Gasteiger partial charge on any atom is 0.197 e. The average molecular weight is 234 g/mol. The molecule has 0 heterocycles. The molecule has 0 saturated heterocycles. The molecule has 0 fully saturated rings. The summed E-state index contributed by atoms with van der Waals surface area (Å²) >= 11 is 0. The lowest BCUT2D eigenvalue weighted by Crippen LogP contribution is -2.12. The molecule has 0 bridgehead atoms. The van der Waals surface area contributed by atoms with E-state index in [1.807, 2.05) is 13.8 Å². The van der Waals surface area contributed by atoms with Crippen LogP contribution in [0.1, 0.15) is 37.8 Å². The van der Waals surface area contributed by atoms with Crippen molar-refractivity contribution in [3.63, 3.8) is 0 Å². The van der Waals surface area contributed by atoms with Crippen molar-refractivity contribution in [2.75, 3.05) is 0 Å². The molecule has 0 aliphatic carbocycles. The van der Waals surface area contributed by atoms with Crippen molar-refractivity contribution in [2.45, 2.75) is 33.6 Å². The molecule has 0 N–H and O–H groups in total. The monoisotopic (exact) mass is 234 g/mol. The number of benzene rings is 1. The molecule has 1 aromatic carbocycles. The minimum atomic E-state index is -1.74. The lowest BCUT2D eigenvalue weighted by Gasteiger charge is -2.20. The van der Waals surface area contributed by atoms with Crippen LogP contribution in [0.15, 0.2) is 0 Å². The van der Waals surface area contributed by atoms with Crippen molar-refractivity contribution in [3.05, 3.63) is 34.4 Å². The molecule has 0 saturated carbocycles. The standard InChI is InChI=1S/C12H14F4/c1-5(2)6(3)8-7(4)9(13)11(15)12(16)10(8)14/h5-6H,1-4H3. The van der Waals surface area contributed by atoms with Crippen LogP contribution in [0.3, 0.4) is 0 Å². The Morgan fingerprint density at radius 3 is 1.62 bits per heavy atom. The van der Waals surface area contributed by atoms with Crippen LogP contribution in [0, 0.1) is 36.1 Å². The SMILES string of the molecule is Cc1c(F)c(F)c(F)c(F)c1C(C)C(C)C. The van der Waals surface area contributed by atoms with E-state index in [2.05, 4.69) is 0 Å². The van der Waals surface area contributed by atoms with Gasteiger partial charge >= 0.3 is 0 Å². The fraction of sp³-hybridized carbons (Fsp3) is 0.500. The quantitative estimate of drug-likeness (QED) is 0.406. The Hall–Kier alpha value is -1.06. The van der Waals surface area contributed by atoms with Crippen LogP contribution in [0.25, 0.3) is 0 Å². The van der Waals surface area contributed by atoms with E-state index in [9.17, 15) is 17.6 Å². The van der Waals surface area contributed by atoms with Gasteiger partial charge in [-0.1, -0.05) is 20.8 Å². The summed E-state index contributed by atoms with van der Waals surface area (Å²) < 4.78 is 52.8. The van der Waals surface area contributed by atoms with Gasteiger partial charge in [0.05, 0.1) is 0 Å². The zero-order valence-electron chi connectivity index (χ0n) is 9.67. The number of hydrogen-bond acceptors (Lipinski definition) is 0. The third-order valence-electron chi connectivity index (χ3n) is 3.00. The van der Waals surface area contributed by atoms with Gasteiger partial charge in [0, 0.05) is 0 Å². The lowest BCUT2D eigenvalue weighted by atomic mass is 9.87. The van der Waals surface area contributed by atoms with Crippen LogP contribution >= 0.6 is 0 Å². The van der Waals surface area contributed by atoms with Crippen LogP contribution in [-0.4, -0.2) is 0 Å². The molecule has 0 nitrogen and oxygen atoms in total. The average Bonchev–Trinajstić information content (AvgIpc) is 2.23. The Kier molecular flexibility index (Phi) is 3.61. The van der Waals surface area contributed by atoms with Gasteiger partial charge in [0.1, 0.15) is 0 Å². The maximum atomic E-state index is 13.5. The van der Waals surface area contributed by atoms with Gasteiger partial charge in [-0.15, -0.1) is 0 Å². The number of rotatable bonds is 2. The molecular formula is C12H14F4. The van der Waals surface area contributed by atoms with Crippen molar-refractivity contribution in [2.24, 2.45) is 5.92 Å². The molecule has 1 aromatic rings. The third kappa shape index (κ3) is 1.93. The van der Waals surface area contributed by atoms with Crippen molar-refractivity contribution >= 4 is 0 Å². The van der Waals surface area contributed by atoms with Crippen molar-refractivity contribution in [1.29, 1.82) is 0 Å². The van der Waals surface area contributed by atoms with E-state index >= 15 is 0 Å². The molecule has 90 valence electrons. The number of hydrogen-bond donors (Lipinski definition) is 0. The summed E-state index contributed by atoms with van der Waals surface area (Å²) in [5.41, 5.74) is -0.232. The summed E-state index contributed by atoms with van der Waals surface area (Å²) in [6, 6.07) is 0. The summed E-state index contributed by atoms with van der Waals surface area (Å²) in [5.74, 6) is -6.42. The molecule has 0 spiro atoms. The summed E-state index contributed by atoms with van der Waals surface area (Å²) in [7, 11) is 0. The van der Waals surface area contributed by atoms with E-state index in [0.717, 1.165) is 0 Å². The molecule has 0 radical (unpaired) electrons. The predicted octanol–water partition coefficient (Wildman–Crippen LogP) is 4.31. The Morgan fingerprint density at radius 2 is 1.19 bits per heavy atom. The highest BCUT2D eigenvalue weighted by Crippen LogP contribution is 2.32. The largest absolute Gasteiger partial charge is 0.203 e. The summed E-state index contributed by atoms with van der Waals surface area (Å²) in [5, 5.41) is 0. The van der Waals surface area contributed by atoms with Crippen LogP contribution in [0.4, 0.5) is 17.6 Å². The van der Waals surface area contributed by atoms with Gasteiger partial charge in [-0.2, -0.15) is 0 Å². The lowest BCUT2D eigenvalue weighted by molar-refractivity contribution is 0.388. The van der Waals surface area contributed by atoms with Gasteiger partial charge in [0.25, 0.3) is 0 Å². The first-order valence-corrected chi connectivity index (χ1v) is 5.11. The van der Waals surface area contributed by atoms with E-state index < -0.39 is 23.3 Å². The molecular weight excluding hydrogens is 220 g/mol. The molecule has 1 rings (SSSR count). The molecule has 0 aliphatic heterocycles. The molecule has 1 unspecified atom stereocenters. The number of halogens is 4. The van der Waals surface area contributed by atoms with E-state index in [0.29, 0.717) is 0 Å². The highest BCUT2D eigenvalue weighted by Gasteiger charge is 2.26. The minimum absolute atomic E-state index is 0.0115. The molecule has 16 heavy (non-hydrogen) atoms.